The molecule has 1 N–H and O–H groups in total. The molecule has 0 bridgehead atoms. The first-order chi connectivity index (χ1) is 9.59. The lowest BCUT2D eigenvalue weighted by molar-refractivity contribution is 0.0925. The van der Waals surface area contributed by atoms with Gasteiger partial charge in [0.05, 0.1) is 11.6 Å². The molecule has 0 radical (unpaired) electrons. The van der Waals surface area contributed by atoms with Gasteiger partial charge in [0, 0.05) is 6.20 Å². The van der Waals surface area contributed by atoms with E-state index in [9.17, 15) is 4.79 Å². The first kappa shape index (κ1) is 14.5. The van der Waals surface area contributed by atoms with Crippen molar-refractivity contribution in [3.63, 3.8) is 0 Å². The lowest BCUT2D eigenvalue weighted by Gasteiger charge is -2.23. The zero-order chi connectivity index (χ0) is 14.5. The number of hydrogen-bond donors (Lipinski definition) is 1. The van der Waals surface area contributed by atoms with E-state index in [4.69, 9.17) is 11.6 Å². The highest BCUT2D eigenvalue weighted by molar-refractivity contribution is 6.32. The second-order valence-corrected chi connectivity index (χ2v) is 5.31. The zero-order valence-electron chi connectivity index (χ0n) is 11.5. The van der Waals surface area contributed by atoms with E-state index in [1.807, 2.05) is 30.3 Å². The van der Waals surface area contributed by atoms with Gasteiger partial charge in [-0.15, -0.1) is 0 Å². The van der Waals surface area contributed by atoms with Gasteiger partial charge < -0.3 is 5.32 Å². The van der Waals surface area contributed by atoms with Gasteiger partial charge in [-0.1, -0.05) is 55.8 Å². The lowest BCUT2D eigenvalue weighted by atomic mass is 9.96. The Morgan fingerprint density at radius 1 is 1.15 bits per heavy atom. The summed E-state index contributed by atoms with van der Waals surface area (Å²) in [7, 11) is 0. The summed E-state index contributed by atoms with van der Waals surface area (Å²) in [5.41, 5.74) is 1.48. The molecule has 2 aromatic rings. The van der Waals surface area contributed by atoms with Crippen LogP contribution in [0.25, 0.3) is 0 Å². The van der Waals surface area contributed by atoms with E-state index in [1.54, 1.807) is 18.3 Å². The number of carbonyl (C=O) groups is 1. The minimum Gasteiger partial charge on any atom is -0.345 e. The average molecular weight is 289 g/mol. The highest BCUT2D eigenvalue weighted by Gasteiger charge is 2.20. The quantitative estimate of drug-likeness (QED) is 0.868. The molecule has 1 unspecified atom stereocenters. The Morgan fingerprint density at radius 3 is 2.45 bits per heavy atom. The molecule has 1 atom stereocenters. The van der Waals surface area contributed by atoms with Crippen LogP contribution >= 0.6 is 11.6 Å². The maximum Gasteiger partial charge on any atom is 0.254 e. The molecule has 1 aromatic carbocycles. The Labute approximate surface area is 124 Å². The van der Waals surface area contributed by atoms with Crippen LogP contribution in [-0.2, 0) is 0 Å². The van der Waals surface area contributed by atoms with E-state index in [0.717, 1.165) is 5.56 Å². The number of rotatable bonds is 4. The van der Waals surface area contributed by atoms with Crippen molar-refractivity contribution < 1.29 is 4.79 Å². The van der Waals surface area contributed by atoms with Crippen LogP contribution in [0.15, 0.2) is 48.7 Å². The van der Waals surface area contributed by atoms with Crippen LogP contribution in [0.2, 0.25) is 5.15 Å². The second-order valence-electron chi connectivity index (χ2n) is 4.95. The molecule has 1 heterocycles. The summed E-state index contributed by atoms with van der Waals surface area (Å²) >= 11 is 5.96. The summed E-state index contributed by atoms with van der Waals surface area (Å²) in [6, 6.07) is 13.2. The van der Waals surface area contributed by atoms with Crippen molar-refractivity contribution in [2.75, 3.05) is 0 Å². The Balaban J connectivity index is 2.22. The van der Waals surface area contributed by atoms with Crippen molar-refractivity contribution in [3.05, 3.63) is 64.9 Å². The summed E-state index contributed by atoms with van der Waals surface area (Å²) in [4.78, 5) is 16.2. The lowest BCUT2D eigenvalue weighted by Crippen LogP contribution is -2.32. The predicted molar refractivity (Wildman–Crippen MR) is 80.7 cm³/mol. The SMILES string of the molecule is CC(C)C(NC(=O)c1cccnc1Cl)c1ccccc1. The fraction of sp³-hybridized carbons (Fsp3) is 0.250. The van der Waals surface area contributed by atoms with Crippen molar-refractivity contribution in [2.45, 2.75) is 19.9 Å². The van der Waals surface area contributed by atoms with E-state index in [1.165, 1.54) is 0 Å². The highest BCUT2D eigenvalue weighted by atomic mass is 35.5. The predicted octanol–water partition coefficient (Wildman–Crippen LogP) is 3.86. The number of halogens is 1. The first-order valence-electron chi connectivity index (χ1n) is 6.56. The van der Waals surface area contributed by atoms with E-state index in [-0.39, 0.29) is 23.0 Å². The summed E-state index contributed by atoms with van der Waals surface area (Å²) < 4.78 is 0. The number of aromatic nitrogens is 1. The van der Waals surface area contributed by atoms with E-state index < -0.39 is 0 Å². The van der Waals surface area contributed by atoms with Crippen molar-refractivity contribution in [2.24, 2.45) is 5.92 Å². The van der Waals surface area contributed by atoms with Crippen LogP contribution in [0, 0.1) is 5.92 Å². The van der Waals surface area contributed by atoms with Crippen LogP contribution in [0.4, 0.5) is 0 Å². The van der Waals surface area contributed by atoms with Gasteiger partial charge in [-0.3, -0.25) is 4.79 Å². The fourth-order valence-corrected chi connectivity index (χ4v) is 2.27. The largest absolute Gasteiger partial charge is 0.345 e. The number of hydrogen-bond acceptors (Lipinski definition) is 2. The normalized spacial score (nSPS) is 12.2. The molecule has 0 saturated carbocycles. The van der Waals surface area contributed by atoms with Crippen LogP contribution in [0.5, 0.6) is 0 Å². The van der Waals surface area contributed by atoms with E-state index in [0.29, 0.717) is 5.56 Å². The molecule has 4 heteroatoms. The van der Waals surface area contributed by atoms with Crippen molar-refractivity contribution in [1.82, 2.24) is 10.3 Å². The Morgan fingerprint density at radius 2 is 1.85 bits per heavy atom. The first-order valence-corrected chi connectivity index (χ1v) is 6.93. The number of nitrogens with one attached hydrogen (secondary N) is 1. The van der Waals surface area contributed by atoms with Crippen molar-refractivity contribution in [3.8, 4) is 0 Å². The van der Waals surface area contributed by atoms with Gasteiger partial charge in [0.2, 0.25) is 0 Å². The Bertz CT molecular complexity index is 584. The minimum absolute atomic E-state index is 0.0556. The van der Waals surface area contributed by atoms with Crippen LogP contribution in [0.1, 0.15) is 35.8 Å². The molecule has 1 aromatic heterocycles. The van der Waals surface area contributed by atoms with Gasteiger partial charge >= 0.3 is 0 Å². The van der Waals surface area contributed by atoms with Gasteiger partial charge in [0.1, 0.15) is 5.15 Å². The van der Waals surface area contributed by atoms with Gasteiger partial charge in [0.25, 0.3) is 5.91 Å². The Kier molecular flexibility index (Phi) is 4.74. The van der Waals surface area contributed by atoms with Crippen LogP contribution in [0.3, 0.4) is 0 Å². The maximum atomic E-state index is 12.3. The van der Waals surface area contributed by atoms with Crippen molar-refractivity contribution >= 4 is 17.5 Å². The minimum atomic E-state index is -0.203. The molecular formula is C16H17ClN2O. The summed E-state index contributed by atoms with van der Waals surface area (Å²) in [6.07, 6.45) is 1.57. The molecule has 2 rings (SSSR count). The molecule has 0 spiro atoms. The molecule has 0 aliphatic rings. The maximum absolute atomic E-state index is 12.3. The molecule has 3 nitrogen and oxygen atoms in total. The number of pyridine rings is 1. The van der Waals surface area contributed by atoms with Crippen molar-refractivity contribution in [1.29, 1.82) is 0 Å². The van der Waals surface area contributed by atoms with Crippen LogP contribution in [-0.4, -0.2) is 10.9 Å². The Hall–Kier alpha value is -1.87. The van der Waals surface area contributed by atoms with E-state index in [2.05, 4.69) is 24.1 Å². The average Bonchev–Trinajstić information content (AvgIpc) is 2.45. The van der Waals surface area contributed by atoms with Gasteiger partial charge in [-0.2, -0.15) is 0 Å². The number of carbonyl (C=O) groups excluding carboxylic acids is 1. The monoisotopic (exact) mass is 288 g/mol. The van der Waals surface area contributed by atoms with Crippen LogP contribution < -0.4 is 5.32 Å². The summed E-state index contributed by atoms with van der Waals surface area (Å²) in [6.45, 7) is 4.14. The number of benzene rings is 1. The van der Waals surface area contributed by atoms with Gasteiger partial charge in [-0.25, -0.2) is 4.98 Å². The molecule has 0 aliphatic heterocycles. The molecule has 20 heavy (non-hydrogen) atoms. The highest BCUT2D eigenvalue weighted by Crippen LogP contribution is 2.22. The molecule has 0 aliphatic carbocycles. The zero-order valence-corrected chi connectivity index (χ0v) is 12.3. The molecular weight excluding hydrogens is 272 g/mol. The fourth-order valence-electron chi connectivity index (χ4n) is 2.07. The third kappa shape index (κ3) is 3.36. The smallest absolute Gasteiger partial charge is 0.254 e. The standard InChI is InChI=1S/C16H17ClN2O/c1-11(2)14(12-7-4-3-5-8-12)19-16(20)13-9-6-10-18-15(13)17/h3-11,14H,1-2H3,(H,19,20). The third-order valence-electron chi connectivity index (χ3n) is 3.12. The van der Waals surface area contributed by atoms with E-state index >= 15 is 0 Å². The van der Waals surface area contributed by atoms with Gasteiger partial charge in [-0.05, 0) is 23.6 Å². The number of nitrogens with zero attached hydrogens (tertiary/aromatic N) is 1. The number of amides is 1. The summed E-state index contributed by atoms with van der Waals surface area (Å²) in [5.74, 6) is 0.0717. The molecule has 0 fully saturated rings. The molecule has 0 saturated heterocycles. The van der Waals surface area contributed by atoms with Gasteiger partial charge in [0.15, 0.2) is 0 Å². The third-order valence-corrected chi connectivity index (χ3v) is 3.42. The summed E-state index contributed by atoms with van der Waals surface area (Å²) in [5, 5.41) is 3.25. The topological polar surface area (TPSA) is 42.0 Å². The molecule has 1 amide bonds. The molecule has 104 valence electrons. The second kappa shape index (κ2) is 6.53.